The molecule has 2 atom stereocenters. The second-order valence-corrected chi connectivity index (χ2v) is 6.08. The van der Waals surface area contributed by atoms with Gasteiger partial charge in [0.05, 0.1) is 6.10 Å². The highest BCUT2D eigenvalue weighted by Crippen LogP contribution is 2.16. The fourth-order valence-corrected chi connectivity index (χ4v) is 2.25. The molecule has 0 spiro atoms. The van der Waals surface area contributed by atoms with E-state index in [1.54, 1.807) is 6.07 Å². The molecule has 0 heterocycles. The Morgan fingerprint density at radius 3 is 2.68 bits per heavy atom. The number of hydrogen-bond acceptors (Lipinski definition) is 3. The van der Waals surface area contributed by atoms with Crippen molar-refractivity contribution in [3.63, 3.8) is 0 Å². The molecule has 0 amide bonds. The van der Waals surface area contributed by atoms with Crippen LogP contribution in [0.25, 0.3) is 0 Å². The van der Waals surface area contributed by atoms with Crippen molar-refractivity contribution in [2.75, 3.05) is 27.2 Å². The third-order valence-corrected chi connectivity index (χ3v) is 3.31. The number of aliphatic hydroxyl groups is 1. The molecule has 0 aliphatic carbocycles. The summed E-state index contributed by atoms with van der Waals surface area (Å²) < 4.78 is 14.4. The van der Waals surface area contributed by atoms with Gasteiger partial charge in [-0.15, -0.1) is 0 Å². The molecule has 2 N–H and O–H groups in total. The van der Waals surface area contributed by atoms with Gasteiger partial charge >= 0.3 is 0 Å². The molecule has 3 nitrogen and oxygen atoms in total. The van der Waals surface area contributed by atoms with Gasteiger partial charge in [0, 0.05) is 23.6 Å². The standard InChI is InChI=1S/C14H22BrFN2O/c1-10(17-8-13(19)9-18(2)3)6-11-4-5-12(15)7-14(11)16/h4-5,7,10,13,17,19H,6,8-9H2,1-3H3. The highest BCUT2D eigenvalue weighted by atomic mass is 79.9. The van der Waals surface area contributed by atoms with Crippen LogP contribution in [0.4, 0.5) is 4.39 Å². The fourth-order valence-electron chi connectivity index (χ4n) is 1.91. The van der Waals surface area contributed by atoms with E-state index in [9.17, 15) is 9.50 Å². The Hall–Kier alpha value is -0.490. The number of nitrogens with one attached hydrogen (secondary N) is 1. The predicted octanol–water partition coefficient (Wildman–Crippen LogP) is 2.03. The number of likely N-dealkylation sites (N-methyl/N-ethyl adjacent to an activating group) is 1. The van der Waals surface area contributed by atoms with Crippen LogP contribution in [0, 0.1) is 5.82 Å². The fraction of sp³-hybridized carbons (Fsp3) is 0.571. The number of aliphatic hydroxyl groups excluding tert-OH is 1. The summed E-state index contributed by atoms with van der Waals surface area (Å²) in [5.74, 6) is -0.197. The van der Waals surface area contributed by atoms with Gasteiger partial charge in [-0.1, -0.05) is 22.0 Å². The predicted molar refractivity (Wildman–Crippen MR) is 79.8 cm³/mol. The van der Waals surface area contributed by atoms with Gasteiger partial charge in [0.15, 0.2) is 0 Å². The van der Waals surface area contributed by atoms with Gasteiger partial charge in [-0.2, -0.15) is 0 Å². The zero-order chi connectivity index (χ0) is 14.4. The minimum Gasteiger partial charge on any atom is -0.390 e. The molecule has 0 radical (unpaired) electrons. The highest BCUT2D eigenvalue weighted by Gasteiger charge is 2.11. The van der Waals surface area contributed by atoms with Crippen molar-refractivity contribution in [1.29, 1.82) is 0 Å². The molecule has 108 valence electrons. The summed E-state index contributed by atoms with van der Waals surface area (Å²) in [7, 11) is 3.84. The Morgan fingerprint density at radius 2 is 2.11 bits per heavy atom. The van der Waals surface area contributed by atoms with Crippen LogP contribution in [0.5, 0.6) is 0 Å². The zero-order valence-corrected chi connectivity index (χ0v) is 13.2. The normalized spacial score (nSPS) is 14.7. The van der Waals surface area contributed by atoms with E-state index >= 15 is 0 Å². The third kappa shape index (κ3) is 6.47. The van der Waals surface area contributed by atoms with E-state index in [-0.39, 0.29) is 11.9 Å². The quantitative estimate of drug-likeness (QED) is 0.802. The molecule has 1 aromatic rings. The first-order valence-corrected chi connectivity index (χ1v) is 7.18. The van der Waals surface area contributed by atoms with Crippen LogP contribution < -0.4 is 5.32 Å². The lowest BCUT2D eigenvalue weighted by Crippen LogP contribution is -2.39. The van der Waals surface area contributed by atoms with Gasteiger partial charge in [0.2, 0.25) is 0 Å². The first-order chi connectivity index (χ1) is 8.88. The lowest BCUT2D eigenvalue weighted by Gasteiger charge is -2.20. The third-order valence-electron chi connectivity index (χ3n) is 2.82. The monoisotopic (exact) mass is 332 g/mol. The van der Waals surface area contributed by atoms with E-state index in [0.717, 1.165) is 4.47 Å². The summed E-state index contributed by atoms with van der Waals surface area (Å²) in [5, 5.41) is 13.0. The van der Waals surface area contributed by atoms with Crippen LogP contribution >= 0.6 is 15.9 Å². The highest BCUT2D eigenvalue weighted by molar-refractivity contribution is 9.10. The van der Waals surface area contributed by atoms with Crippen molar-refractivity contribution >= 4 is 15.9 Å². The number of nitrogens with zero attached hydrogens (tertiary/aromatic N) is 1. The average Bonchev–Trinajstić information content (AvgIpc) is 2.29. The largest absolute Gasteiger partial charge is 0.390 e. The zero-order valence-electron chi connectivity index (χ0n) is 11.7. The van der Waals surface area contributed by atoms with Crippen molar-refractivity contribution in [3.8, 4) is 0 Å². The van der Waals surface area contributed by atoms with Crippen LogP contribution in [0.15, 0.2) is 22.7 Å². The number of rotatable bonds is 7. The Labute approximate surface area is 122 Å². The second kappa shape index (κ2) is 7.94. The van der Waals surface area contributed by atoms with Gasteiger partial charge < -0.3 is 15.3 Å². The Kier molecular flexibility index (Phi) is 6.93. The van der Waals surface area contributed by atoms with Gasteiger partial charge in [0.1, 0.15) is 5.82 Å². The topological polar surface area (TPSA) is 35.5 Å². The maximum atomic E-state index is 13.7. The van der Waals surface area contributed by atoms with E-state index in [0.29, 0.717) is 25.1 Å². The summed E-state index contributed by atoms with van der Waals surface area (Å²) in [6.45, 7) is 3.12. The molecule has 1 rings (SSSR count). The van der Waals surface area contributed by atoms with Crippen LogP contribution in [-0.2, 0) is 6.42 Å². The smallest absolute Gasteiger partial charge is 0.127 e. The molecule has 0 fully saturated rings. The summed E-state index contributed by atoms with van der Waals surface area (Å²) >= 11 is 3.24. The lowest BCUT2D eigenvalue weighted by atomic mass is 10.1. The first kappa shape index (κ1) is 16.6. The average molecular weight is 333 g/mol. The molecule has 0 aliphatic rings. The molecule has 0 saturated heterocycles. The molecular formula is C14H22BrFN2O. The minimum atomic E-state index is -0.410. The number of halogens is 2. The molecule has 5 heteroatoms. The Morgan fingerprint density at radius 1 is 1.42 bits per heavy atom. The van der Waals surface area contributed by atoms with Gasteiger partial charge in [-0.3, -0.25) is 0 Å². The second-order valence-electron chi connectivity index (χ2n) is 5.17. The van der Waals surface area contributed by atoms with E-state index in [1.807, 2.05) is 32.0 Å². The van der Waals surface area contributed by atoms with Crippen molar-refractivity contribution in [3.05, 3.63) is 34.1 Å². The van der Waals surface area contributed by atoms with Crippen LogP contribution in [-0.4, -0.2) is 49.3 Å². The number of benzene rings is 1. The molecule has 0 aliphatic heterocycles. The molecule has 0 saturated carbocycles. The lowest BCUT2D eigenvalue weighted by molar-refractivity contribution is 0.132. The maximum absolute atomic E-state index is 13.7. The molecule has 2 unspecified atom stereocenters. The van der Waals surface area contributed by atoms with E-state index in [4.69, 9.17) is 0 Å². The summed E-state index contributed by atoms with van der Waals surface area (Å²) in [6.07, 6.45) is 0.195. The van der Waals surface area contributed by atoms with Crippen LogP contribution in [0.1, 0.15) is 12.5 Å². The summed E-state index contributed by atoms with van der Waals surface area (Å²) in [5.41, 5.74) is 0.685. The van der Waals surface area contributed by atoms with Crippen LogP contribution in [0.3, 0.4) is 0 Å². The van der Waals surface area contributed by atoms with E-state index in [1.165, 1.54) is 6.07 Å². The van der Waals surface area contributed by atoms with E-state index in [2.05, 4.69) is 21.2 Å². The maximum Gasteiger partial charge on any atom is 0.127 e. The van der Waals surface area contributed by atoms with Gasteiger partial charge in [-0.05, 0) is 45.1 Å². The van der Waals surface area contributed by atoms with Crippen molar-refractivity contribution in [2.45, 2.75) is 25.5 Å². The molecule has 0 bridgehead atoms. The van der Waals surface area contributed by atoms with Crippen LogP contribution in [0.2, 0.25) is 0 Å². The van der Waals surface area contributed by atoms with Gasteiger partial charge in [0.25, 0.3) is 0 Å². The molecular weight excluding hydrogens is 311 g/mol. The molecule has 0 aromatic heterocycles. The molecule has 1 aromatic carbocycles. The number of hydrogen-bond donors (Lipinski definition) is 2. The SMILES string of the molecule is CC(Cc1ccc(Br)cc1F)NCC(O)CN(C)C. The van der Waals surface area contributed by atoms with Crippen molar-refractivity contribution in [1.82, 2.24) is 10.2 Å². The summed E-state index contributed by atoms with van der Waals surface area (Å²) in [4.78, 5) is 1.94. The van der Waals surface area contributed by atoms with Crippen molar-refractivity contribution < 1.29 is 9.50 Å². The van der Waals surface area contributed by atoms with Crippen molar-refractivity contribution in [2.24, 2.45) is 0 Å². The Bertz CT molecular complexity index is 401. The van der Waals surface area contributed by atoms with Gasteiger partial charge in [-0.25, -0.2) is 4.39 Å². The Balaban J connectivity index is 2.40. The molecule has 19 heavy (non-hydrogen) atoms. The minimum absolute atomic E-state index is 0.118. The summed E-state index contributed by atoms with van der Waals surface area (Å²) in [6, 6.07) is 5.22. The van der Waals surface area contributed by atoms with E-state index < -0.39 is 6.10 Å². The first-order valence-electron chi connectivity index (χ1n) is 6.38.